The number of carbonyl (C=O) groups excluding carboxylic acids is 1. The zero-order valence-electron chi connectivity index (χ0n) is 16.2. The van der Waals surface area contributed by atoms with E-state index in [2.05, 4.69) is 37.9 Å². The van der Waals surface area contributed by atoms with Crippen molar-refractivity contribution in [2.45, 2.75) is 57.7 Å². The molecule has 0 unspecified atom stereocenters. The Balaban J connectivity index is 2.25. The minimum atomic E-state index is -0.431. The molecule has 6 heteroatoms. The van der Waals surface area contributed by atoms with E-state index in [4.69, 9.17) is 10.5 Å². The van der Waals surface area contributed by atoms with Crippen molar-refractivity contribution in [3.63, 3.8) is 0 Å². The Kier molecular flexibility index (Phi) is 5.62. The zero-order chi connectivity index (χ0) is 19.5. The van der Waals surface area contributed by atoms with Gasteiger partial charge in [-0.05, 0) is 64.8 Å². The highest BCUT2D eigenvalue weighted by Gasteiger charge is 2.43. The third-order valence-electron chi connectivity index (χ3n) is 4.80. The molecular weight excluding hydrogens is 328 g/mol. The number of piperidine rings is 1. The average molecular weight is 356 g/mol. The third kappa shape index (κ3) is 4.36. The number of carbonyl (C=O) groups is 1. The van der Waals surface area contributed by atoms with Gasteiger partial charge in [0.15, 0.2) is 0 Å². The summed E-state index contributed by atoms with van der Waals surface area (Å²) in [6, 6.07) is 9.11. The molecule has 0 aliphatic carbocycles. The molecular formula is C20H28N4O2. The van der Waals surface area contributed by atoms with Gasteiger partial charge in [-0.3, -0.25) is 4.79 Å². The lowest BCUT2D eigenvalue weighted by atomic mass is 9.77. The highest BCUT2D eigenvalue weighted by atomic mass is 16.5. The predicted octanol–water partition coefficient (Wildman–Crippen LogP) is 3.02. The van der Waals surface area contributed by atoms with Gasteiger partial charge in [-0.15, -0.1) is 0 Å². The maximum Gasteiger partial charge on any atom is 0.267 e. The molecule has 1 saturated heterocycles. The van der Waals surface area contributed by atoms with Gasteiger partial charge in [-0.25, -0.2) is 0 Å². The number of anilines is 1. The number of nitrogens with zero attached hydrogens (tertiary/aromatic N) is 2. The zero-order valence-corrected chi connectivity index (χ0v) is 16.2. The Labute approximate surface area is 155 Å². The number of nitrogens with one attached hydrogen (secondary N) is 1. The third-order valence-corrected chi connectivity index (χ3v) is 4.80. The average Bonchev–Trinajstić information content (AvgIpc) is 2.53. The van der Waals surface area contributed by atoms with Gasteiger partial charge in [-0.1, -0.05) is 0 Å². The molecule has 3 N–H and O–H groups in total. The normalized spacial score (nSPS) is 19.6. The maximum atomic E-state index is 12.6. The monoisotopic (exact) mass is 356 g/mol. The maximum absolute atomic E-state index is 12.6. The molecule has 1 heterocycles. The Morgan fingerprint density at radius 2 is 1.81 bits per heavy atom. The van der Waals surface area contributed by atoms with E-state index in [1.165, 1.54) is 0 Å². The summed E-state index contributed by atoms with van der Waals surface area (Å²) in [7, 11) is 1.58. The van der Waals surface area contributed by atoms with Crippen LogP contribution < -0.4 is 15.8 Å². The van der Waals surface area contributed by atoms with Gasteiger partial charge in [0.25, 0.3) is 5.91 Å². The van der Waals surface area contributed by atoms with Crippen LogP contribution in [0.15, 0.2) is 36.0 Å². The van der Waals surface area contributed by atoms with Gasteiger partial charge in [0, 0.05) is 29.0 Å². The van der Waals surface area contributed by atoms with Crippen molar-refractivity contribution in [2.24, 2.45) is 5.73 Å². The number of hydrogen-bond donors (Lipinski definition) is 2. The van der Waals surface area contributed by atoms with Crippen molar-refractivity contribution in [1.82, 2.24) is 4.90 Å². The molecule has 0 radical (unpaired) electrons. The molecule has 1 aliphatic heterocycles. The van der Waals surface area contributed by atoms with Crippen molar-refractivity contribution < 1.29 is 9.53 Å². The standard InChI is InChI=1S/C20H28N4O2/c1-19(2)10-15(22)11-20(3,4)24(19)13-14(12-21)18(25)23-16-6-8-17(26-5)9-7-16/h6-9,13,15H,10-11,22H2,1-5H3,(H,23,25)/b14-13-. The summed E-state index contributed by atoms with van der Waals surface area (Å²) in [5, 5.41) is 12.3. The lowest BCUT2D eigenvalue weighted by Gasteiger charge is -2.54. The number of methoxy groups -OCH3 is 1. The topological polar surface area (TPSA) is 91.4 Å². The fourth-order valence-corrected chi connectivity index (χ4v) is 3.86. The molecule has 26 heavy (non-hydrogen) atoms. The molecule has 2 rings (SSSR count). The minimum absolute atomic E-state index is 0.0671. The molecule has 1 aromatic rings. The fourth-order valence-electron chi connectivity index (χ4n) is 3.86. The highest BCUT2D eigenvalue weighted by molar-refractivity contribution is 6.06. The lowest BCUT2D eigenvalue weighted by molar-refractivity contribution is -0.112. The molecule has 0 spiro atoms. The largest absolute Gasteiger partial charge is 0.497 e. The van der Waals surface area contributed by atoms with Gasteiger partial charge < -0.3 is 20.7 Å². The van der Waals surface area contributed by atoms with Crippen molar-refractivity contribution in [1.29, 1.82) is 5.26 Å². The van der Waals surface area contributed by atoms with E-state index in [1.54, 1.807) is 37.6 Å². The summed E-state index contributed by atoms with van der Waals surface area (Å²) in [5.41, 5.74) is 6.38. The molecule has 0 aromatic heterocycles. The molecule has 0 atom stereocenters. The Morgan fingerprint density at radius 3 is 2.27 bits per heavy atom. The van der Waals surface area contributed by atoms with Gasteiger partial charge in [0.1, 0.15) is 17.4 Å². The van der Waals surface area contributed by atoms with Crippen LogP contribution in [0.1, 0.15) is 40.5 Å². The summed E-state index contributed by atoms with van der Waals surface area (Å²) < 4.78 is 5.10. The highest BCUT2D eigenvalue weighted by Crippen LogP contribution is 2.38. The van der Waals surface area contributed by atoms with E-state index < -0.39 is 5.91 Å². The molecule has 1 amide bonds. The second-order valence-corrected chi connectivity index (χ2v) is 8.00. The molecule has 1 aliphatic rings. The first kappa shape index (κ1) is 19.8. The lowest BCUT2D eigenvalue weighted by Crippen LogP contribution is -2.61. The van der Waals surface area contributed by atoms with Crippen LogP contribution >= 0.6 is 0 Å². The van der Waals surface area contributed by atoms with Crippen molar-refractivity contribution in [2.75, 3.05) is 12.4 Å². The molecule has 1 fully saturated rings. The molecule has 6 nitrogen and oxygen atoms in total. The first-order valence-corrected chi connectivity index (χ1v) is 8.71. The van der Waals surface area contributed by atoms with Crippen molar-refractivity contribution >= 4 is 11.6 Å². The fraction of sp³-hybridized carbons (Fsp3) is 0.500. The molecule has 0 saturated carbocycles. The number of benzene rings is 1. The van der Waals surface area contributed by atoms with Crippen LogP contribution in [0.3, 0.4) is 0 Å². The second kappa shape index (κ2) is 7.38. The van der Waals surface area contributed by atoms with E-state index in [0.717, 1.165) is 12.8 Å². The van der Waals surface area contributed by atoms with E-state index in [-0.39, 0.29) is 22.7 Å². The SMILES string of the molecule is COc1ccc(NC(=O)/C(C#N)=C\N2C(C)(C)CC(N)CC2(C)C)cc1. The summed E-state index contributed by atoms with van der Waals surface area (Å²) in [6.07, 6.45) is 3.27. The summed E-state index contributed by atoms with van der Waals surface area (Å²) in [4.78, 5) is 14.7. The number of ether oxygens (including phenoxy) is 1. The Hall–Kier alpha value is -2.52. The number of nitrogens with two attached hydrogens (primary N) is 1. The quantitative estimate of drug-likeness (QED) is 0.639. The van der Waals surface area contributed by atoms with Gasteiger partial charge in [0.2, 0.25) is 0 Å². The number of amides is 1. The van der Waals surface area contributed by atoms with Crippen LogP contribution in [0.2, 0.25) is 0 Å². The second-order valence-electron chi connectivity index (χ2n) is 8.00. The van der Waals surface area contributed by atoms with E-state index in [9.17, 15) is 10.1 Å². The van der Waals surface area contributed by atoms with Crippen molar-refractivity contribution in [3.8, 4) is 11.8 Å². The molecule has 0 bridgehead atoms. The predicted molar refractivity (Wildman–Crippen MR) is 103 cm³/mol. The van der Waals surface area contributed by atoms with Gasteiger partial charge in [-0.2, -0.15) is 5.26 Å². The van der Waals surface area contributed by atoms with E-state index >= 15 is 0 Å². The van der Waals surface area contributed by atoms with Gasteiger partial charge in [0.05, 0.1) is 7.11 Å². The minimum Gasteiger partial charge on any atom is -0.497 e. The Morgan fingerprint density at radius 1 is 1.27 bits per heavy atom. The number of nitriles is 1. The first-order chi connectivity index (χ1) is 12.1. The van der Waals surface area contributed by atoms with Crippen LogP contribution in [0.25, 0.3) is 0 Å². The van der Waals surface area contributed by atoms with Crippen molar-refractivity contribution in [3.05, 3.63) is 36.0 Å². The van der Waals surface area contributed by atoms with Crippen LogP contribution in [-0.2, 0) is 4.79 Å². The number of rotatable bonds is 4. The van der Waals surface area contributed by atoms with E-state index in [1.807, 2.05) is 6.07 Å². The number of likely N-dealkylation sites (tertiary alicyclic amines) is 1. The van der Waals surface area contributed by atoms with Gasteiger partial charge >= 0.3 is 0 Å². The van der Waals surface area contributed by atoms with Crippen LogP contribution in [0.4, 0.5) is 5.69 Å². The molecule has 1 aromatic carbocycles. The Bertz CT molecular complexity index is 711. The smallest absolute Gasteiger partial charge is 0.267 e. The van der Waals surface area contributed by atoms with E-state index in [0.29, 0.717) is 11.4 Å². The van der Waals surface area contributed by atoms with Crippen LogP contribution in [-0.4, -0.2) is 35.0 Å². The van der Waals surface area contributed by atoms with Crippen LogP contribution in [0, 0.1) is 11.3 Å². The summed E-state index contributed by atoms with van der Waals surface area (Å²) in [5.74, 6) is 0.270. The summed E-state index contributed by atoms with van der Waals surface area (Å²) in [6.45, 7) is 8.34. The number of hydrogen-bond acceptors (Lipinski definition) is 5. The molecule has 140 valence electrons. The summed E-state index contributed by atoms with van der Waals surface area (Å²) >= 11 is 0. The first-order valence-electron chi connectivity index (χ1n) is 8.71. The van der Waals surface area contributed by atoms with Crippen LogP contribution in [0.5, 0.6) is 5.75 Å².